The Bertz CT molecular complexity index is 294. The zero-order chi connectivity index (χ0) is 13.1. The zero-order valence-electron chi connectivity index (χ0n) is 11.0. The molecule has 6 nitrogen and oxygen atoms in total. The van der Waals surface area contributed by atoms with Crippen LogP contribution in [0.5, 0.6) is 0 Å². The van der Waals surface area contributed by atoms with Gasteiger partial charge in [-0.3, -0.25) is 4.79 Å². The molecule has 1 saturated carbocycles. The van der Waals surface area contributed by atoms with Crippen LogP contribution in [0.2, 0.25) is 0 Å². The number of ether oxygens (including phenoxy) is 5. The van der Waals surface area contributed by atoms with E-state index in [2.05, 4.69) is 0 Å². The van der Waals surface area contributed by atoms with Crippen LogP contribution in [0.3, 0.4) is 0 Å². The Morgan fingerprint density at radius 2 is 1.89 bits per heavy atom. The van der Waals surface area contributed by atoms with Crippen LogP contribution in [0, 0.1) is 5.92 Å². The molecule has 2 aliphatic rings. The molecule has 0 aromatic heterocycles. The van der Waals surface area contributed by atoms with Crippen LogP contribution < -0.4 is 0 Å². The highest BCUT2D eigenvalue weighted by molar-refractivity contribution is 5.71. The third-order valence-electron chi connectivity index (χ3n) is 3.65. The number of rotatable bonds is 5. The van der Waals surface area contributed by atoms with Gasteiger partial charge in [0, 0.05) is 27.2 Å². The highest BCUT2D eigenvalue weighted by Gasteiger charge is 2.51. The number of carbonyl (C=O) groups excluding carboxylic acids is 1. The first kappa shape index (κ1) is 13.7. The van der Waals surface area contributed by atoms with Gasteiger partial charge in [0.2, 0.25) is 0 Å². The summed E-state index contributed by atoms with van der Waals surface area (Å²) in [5.41, 5.74) is 0. The van der Waals surface area contributed by atoms with E-state index < -0.39 is 0 Å². The predicted octanol–water partition coefficient (Wildman–Crippen LogP) is 0.341. The maximum Gasteiger partial charge on any atom is 0.306 e. The second kappa shape index (κ2) is 5.97. The lowest BCUT2D eigenvalue weighted by atomic mass is 9.77. The van der Waals surface area contributed by atoms with E-state index in [4.69, 9.17) is 23.7 Å². The van der Waals surface area contributed by atoms with Crippen molar-refractivity contribution < 1.29 is 28.5 Å². The molecule has 2 rings (SSSR count). The van der Waals surface area contributed by atoms with Gasteiger partial charge in [-0.2, -0.15) is 0 Å². The molecule has 6 heteroatoms. The molecule has 0 N–H and O–H groups in total. The Balaban J connectivity index is 2.16. The van der Waals surface area contributed by atoms with Crippen LogP contribution in [0.1, 0.15) is 12.8 Å². The molecular weight excluding hydrogens is 240 g/mol. The fourth-order valence-corrected chi connectivity index (χ4v) is 2.91. The average molecular weight is 260 g/mol. The van der Waals surface area contributed by atoms with Crippen LogP contribution in [-0.4, -0.2) is 58.5 Å². The number of hydrogen-bond donors (Lipinski definition) is 0. The molecule has 1 heterocycles. The minimum atomic E-state index is -0.294. The Morgan fingerprint density at radius 3 is 2.50 bits per heavy atom. The molecule has 0 radical (unpaired) electrons. The van der Waals surface area contributed by atoms with Gasteiger partial charge < -0.3 is 23.7 Å². The quantitative estimate of drug-likeness (QED) is 0.525. The molecule has 0 spiro atoms. The monoisotopic (exact) mass is 260 g/mol. The molecule has 1 aliphatic carbocycles. The van der Waals surface area contributed by atoms with E-state index in [-0.39, 0.29) is 43.1 Å². The summed E-state index contributed by atoms with van der Waals surface area (Å²) in [6, 6.07) is 0. The van der Waals surface area contributed by atoms with Crippen LogP contribution in [-0.2, 0) is 28.5 Å². The Kier molecular flexibility index (Phi) is 4.55. The van der Waals surface area contributed by atoms with Crippen molar-refractivity contribution in [2.45, 2.75) is 37.3 Å². The van der Waals surface area contributed by atoms with Crippen molar-refractivity contribution in [3.63, 3.8) is 0 Å². The van der Waals surface area contributed by atoms with Crippen molar-refractivity contribution in [3.8, 4) is 0 Å². The summed E-state index contributed by atoms with van der Waals surface area (Å²) in [6.45, 7) is 0.178. The van der Waals surface area contributed by atoms with Crippen molar-refractivity contribution in [1.82, 2.24) is 0 Å². The third-order valence-corrected chi connectivity index (χ3v) is 3.65. The molecule has 0 aromatic rings. The average Bonchev–Trinajstić information content (AvgIpc) is 2.36. The third kappa shape index (κ3) is 2.51. The van der Waals surface area contributed by atoms with Gasteiger partial charge in [0.05, 0.1) is 12.5 Å². The van der Waals surface area contributed by atoms with Crippen molar-refractivity contribution in [2.24, 2.45) is 5.92 Å². The fraction of sp³-hybridized carbons (Fsp3) is 0.917. The topological polar surface area (TPSA) is 63.2 Å². The summed E-state index contributed by atoms with van der Waals surface area (Å²) in [5, 5.41) is 0. The van der Waals surface area contributed by atoms with Crippen molar-refractivity contribution in [3.05, 3.63) is 0 Å². The SMILES string of the molecule is COCOC1C2CC(=O)OC(C2)C(OC)C1OC. The van der Waals surface area contributed by atoms with E-state index in [1.165, 1.54) is 0 Å². The summed E-state index contributed by atoms with van der Waals surface area (Å²) in [7, 11) is 4.77. The van der Waals surface area contributed by atoms with E-state index in [9.17, 15) is 4.79 Å². The molecule has 2 bridgehead atoms. The van der Waals surface area contributed by atoms with Crippen LogP contribution in [0.25, 0.3) is 0 Å². The number of fused-ring (bicyclic) bond motifs is 2. The second-order valence-corrected chi connectivity index (χ2v) is 4.67. The van der Waals surface area contributed by atoms with E-state index in [0.29, 0.717) is 6.42 Å². The highest BCUT2D eigenvalue weighted by atomic mass is 16.7. The van der Waals surface area contributed by atoms with Gasteiger partial charge in [-0.15, -0.1) is 0 Å². The first-order valence-corrected chi connectivity index (χ1v) is 6.06. The largest absolute Gasteiger partial charge is 0.459 e. The molecule has 18 heavy (non-hydrogen) atoms. The van der Waals surface area contributed by atoms with E-state index in [1.807, 2.05) is 0 Å². The van der Waals surface area contributed by atoms with Crippen LogP contribution in [0.15, 0.2) is 0 Å². The lowest BCUT2D eigenvalue weighted by Gasteiger charge is -2.47. The standard InChI is InChI=1S/C12H20O6/c1-14-6-17-10-7-4-8(18-9(13)5-7)11(15-2)12(10)16-3/h7-8,10-12H,4-6H2,1-3H3. The first-order valence-electron chi connectivity index (χ1n) is 6.06. The van der Waals surface area contributed by atoms with Gasteiger partial charge >= 0.3 is 5.97 Å². The minimum Gasteiger partial charge on any atom is -0.459 e. The molecule has 5 atom stereocenters. The Labute approximate surface area is 106 Å². The Hall–Kier alpha value is -0.690. The number of hydrogen-bond acceptors (Lipinski definition) is 6. The molecule has 2 fully saturated rings. The normalized spacial score (nSPS) is 39.5. The van der Waals surface area contributed by atoms with Gasteiger partial charge in [0.25, 0.3) is 0 Å². The highest BCUT2D eigenvalue weighted by Crippen LogP contribution is 2.38. The summed E-state index contributed by atoms with van der Waals surface area (Å²) in [6.07, 6.45) is 0.122. The summed E-state index contributed by atoms with van der Waals surface area (Å²) >= 11 is 0. The van der Waals surface area contributed by atoms with Gasteiger partial charge in [0.1, 0.15) is 25.1 Å². The van der Waals surface area contributed by atoms with Crippen LogP contribution >= 0.6 is 0 Å². The molecular formula is C12H20O6. The lowest BCUT2D eigenvalue weighted by molar-refractivity contribution is -0.237. The fourth-order valence-electron chi connectivity index (χ4n) is 2.91. The van der Waals surface area contributed by atoms with Crippen molar-refractivity contribution >= 4 is 5.97 Å². The van der Waals surface area contributed by atoms with E-state index in [1.54, 1.807) is 21.3 Å². The smallest absolute Gasteiger partial charge is 0.306 e. The van der Waals surface area contributed by atoms with Crippen molar-refractivity contribution in [1.29, 1.82) is 0 Å². The van der Waals surface area contributed by atoms with Gasteiger partial charge in [-0.05, 0) is 6.42 Å². The maximum atomic E-state index is 11.5. The Morgan fingerprint density at radius 1 is 1.17 bits per heavy atom. The van der Waals surface area contributed by atoms with Crippen LogP contribution in [0.4, 0.5) is 0 Å². The zero-order valence-corrected chi connectivity index (χ0v) is 11.0. The predicted molar refractivity (Wildman–Crippen MR) is 60.9 cm³/mol. The van der Waals surface area contributed by atoms with Gasteiger partial charge in [0.15, 0.2) is 0 Å². The first-order chi connectivity index (χ1) is 8.71. The van der Waals surface area contributed by atoms with Gasteiger partial charge in [-0.1, -0.05) is 0 Å². The van der Waals surface area contributed by atoms with Crippen molar-refractivity contribution in [2.75, 3.05) is 28.1 Å². The number of carbonyl (C=O) groups is 1. The second-order valence-electron chi connectivity index (χ2n) is 4.67. The summed E-state index contributed by atoms with van der Waals surface area (Å²) < 4.78 is 26.8. The summed E-state index contributed by atoms with van der Waals surface area (Å²) in [5.74, 6) is -0.0957. The molecule has 0 amide bonds. The molecule has 0 aromatic carbocycles. The number of methoxy groups -OCH3 is 3. The number of esters is 1. The minimum absolute atomic E-state index is 0.0998. The van der Waals surface area contributed by atoms with Gasteiger partial charge in [-0.25, -0.2) is 0 Å². The van der Waals surface area contributed by atoms with E-state index >= 15 is 0 Å². The summed E-state index contributed by atoms with van der Waals surface area (Å²) in [4.78, 5) is 11.5. The molecule has 1 saturated heterocycles. The molecule has 104 valence electrons. The molecule has 1 aliphatic heterocycles. The maximum absolute atomic E-state index is 11.5. The lowest BCUT2D eigenvalue weighted by Crippen LogP contribution is -2.59. The molecule has 5 unspecified atom stereocenters. The van der Waals surface area contributed by atoms with E-state index in [0.717, 1.165) is 6.42 Å².